The first-order chi connectivity index (χ1) is 10.0. The molecule has 21 heavy (non-hydrogen) atoms. The second kappa shape index (κ2) is 14.2. The van der Waals surface area contributed by atoms with Crippen molar-refractivity contribution >= 4 is 34.8 Å². The van der Waals surface area contributed by atoms with Crippen LogP contribution < -0.4 is 0 Å². The molecule has 0 radical (unpaired) electrons. The lowest BCUT2D eigenvalue weighted by Gasteiger charge is -2.20. The first-order valence-corrected chi connectivity index (χ1v) is 8.13. The molecule has 3 atom stereocenters. The molecular weight excluding hydrogens is 346 g/mol. The van der Waals surface area contributed by atoms with Gasteiger partial charge >= 0.3 is 0 Å². The first-order valence-electron chi connectivity index (χ1n) is 6.52. The van der Waals surface area contributed by atoms with Crippen LogP contribution >= 0.6 is 34.8 Å². The maximum Gasteiger partial charge on any atom is 0.104 e. The predicted octanol–water partition coefficient (Wildman–Crippen LogP) is 0.204. The highest BCUT2D eigenvalue weighted by molar-refractivity contribution is 6.18. The summed E-state index contributed by atoms with van der Waals surface area (Å²) in [5.74, 6) is 0.216. The molecule has 0 aromatic heterocycles. The van der Waals surface area contributed by atoms with Crippen LogP contribution in [-0.2, 0) is 14.2 Å². The smallest absolute Gasteiger partial charge is 0.104 e. The second-order valence-electron chi connectivity index (χ2n) is 4.45. The third-order valence-electron chi connectivity index (χ3n) is 2.29. The van der Waals surface area contributed by atoms with E-state index in [1.807, 2.05) is 0 Å². The van der Waals surface area contributed by atoms with E-state index in [2.05, 4.69) is 0 Å². The third kappa shape index (κ3) is 12.8. The fraction of sp³-hybridized carbons (Fsp3) is 1.00. The summed E-state index contributed by atoms with van der Waals surface area (Å²) >= 11 is 16.4. The van der Waals surface area contributed by atoms with Gasteiger partial charge in [-0.1, -0.05) is 0 Å². The monoisotopic (exact) mass is 368 g/mol. The molecule has 0 aliphatic carbocycles. The Balaban J connectivity index is 4.01. The standard InChI is InChI=1S/C12H23Cl3O6/c13-1-9(16)4-19-7-12(21-6-11(18)3-15)8-20-5-10(17)2-14/h9-12,16-18H,1-8H2. The number of aliphatic hydroxyl groups is 3. The van der Waals surface area contributed by atoms with Crippen molar-refractivity contribution in [2.45, 2.75) is 24.4 Å². The van der Waals surface area contributed by atoms with E-state index >= 15 is 0 Å². The van der Waals surface area contributed by atoms with Gasteiger partial charge in [0.25, 0.3) is 0 Å². The molecular formula is C12H23Cl3O6. The van der Waals surface area contributed by atoms with Crippen LogP contribution in [0.1, 0.15) is 0 Å². The van der Waals surface area contributed by atoms with Gasteiger partial charge in [0.05, 0.1) is 69.0 Å². The number of halogens is 3. The number of aliphatic hydroxyl groups excluding tert-OH is 3. The van der Waals surface area contributed by atoms with Crippen molar-refractivity contribution < 1.29 is 29.5 Å². The maximum absolute atomic E-state index is 9.36. The van der Waals surface area contributed by atoms with Crippen LogP contribution in [0, 0.1) is 0 Å². The van der Waals surface area contributed by atoms with E-state index in [1.165, 1.54) is 0 Å². The molecule has 3 unspecified atom stereocenters. The van der Waals surface area contributed by atoms with Gasteiger partial charge in [-0.15, -0.1) is 34.8 Å². The van der Waals surface area contributed by atoms with Gasteiger partial charge in [0, 0.05) is 0 Å². The molecule has 0 aliphatic rings. The number of alkyl halides is 3. The lowest BCUT2D eigenvalue weighted by Crippen LogP contribution is -2.32. The van der Waals surface area contributed by atoms with E-state index in [-0.39, 0.29) is 50.7 Å². The summed E-state index contributed by atoms with van der Waals surface area (Å²) in [4.78, 5) is 0. The Kier molecular flexibility index (Phi) is 14.7. The van der Waals surface area contributed by atoms with Crippen LogP contribution in [-0.4, -0.2) is 90.4 Å². The summed E-state index contributed by atoms with van der Waals surface area (Å²) in [7, 11) is 0. The zero-order valence-corrected chi connectivity index (χ0v) is 13.9. The molecule has 3 N–H and O–H groups in total. The van der Waals surface area contributed by atoms with Crippen LogP contribution in [0.5, 0.6) is 0 Å². The van der Waals surface area contributed by atoms with Crippen molar-refractivity contribution in [2.24, 2.45) is 0 Å². The zero-order chi connectivity index (χ0) is 16.1. The molecule has 0 heterocycles. The van der Waals surface area contributed by atoms with Crippen molar-refractivity contribution in [1.29, 1.82) is 0 Å². The largest absolute Gasteiger partial charge is 0.389 e. The lowest BCUT2D eigenvalue weighted by atomic mass is 10.3. The highest BCUT2D eigenvalue weighted by Gasteiger charge is 2.15. The van der Waals surface area contributed by atoms with E-state index in [9.17, 15) is 15.3 Å². The van der Waals surface area contributed by atoms with Crippen LogP contribution in [0.15, 0.2) is 0 Å². The Hall–Kier alpha value is 0.630. The minimum absolute atomic E-state index is 0.0387. The molecule has 0 aromatic carbocycles. The second-order valence-corrected chi connectivity index (χ2v) is 5.38. The molecule has 0 spiro atoms. The Bertz CT molecular complexity index is 221. The average Bonchev–Trinajstić information content (AvgIpc) is 2.50. The van der Waals surface area contributed by atoms with Gasteiger partial charge < -0.3 is 29.5 Å². The molecule has 0 fully saturated rings. The highest BCUT2D eigenvalue weighted by atomic mass is 35.5. The van der Waals surface area contributed by atoms with Crippen LogP contribution in [0.4, 0.5) is 0 Å². The Morgan fingerprint density at radius 3 is 1.38 bits per heavy atom. The SMILES string of the molecule is OC(CCl)COCC(COCC(O)CCl)OCC(O)CCl. The number of hydrogen-bond donors (Lipinski definition) is 3. The van der Waals surface area contributed by atoms with E-state index < -0.39 is 24.4 Å². The normalized spacial score (nSPS) is 17.4. The fourth-order valence-electron chi connectivity index (χ4n) is 1.20. The van der Waals surface area contributed by atoms with Gasteiger partial charge in [0.1, 0.15) is 6.10 Å². The third-order valence-corrected chi connectivity index (χ3v) is 3.36. The summed E-state index contributed by atoms with van der Waals surface area (Å²) in [6, 6.07) is 0. The Morgan fingerprint density at radius 1 is 0.619 bits per heavy atom. The van der Waals surface area contributed by atoms with Crippen molar-refractivity contribution in [3.05, 3.63) is 0 Å². The van der Waals surface area contributed by atoms with Crippen molar-refractivity contribution in [1.82, 2.24) is 0 Å². The summed E-state index contributed by atoms with van der Waals surface area (Å²) in [6.07, 6.45) is -2.75. The van der Waals surface area contributed by atoms with Gasteiger partial charge in [0.15, 0.2) is 0 Å². The van der Waals surface area contributed by atoms with E-state index in [0.29, 0.717) is 0 Å². The zero-order valence-electron chi connectivity index (χ0n) is 11.7. The Labute approximate surface area is 139 Å². The van der Waals surface area contributed by atoms with Gasteiger partial charge in [0.2, 0.25) is 0 Å². The van der Waals surface area contributed by atoms with Crippen LogP contribution in [0.2, 0.25) is 0 Å². The van der Waals surface area contributed by atoms with E-state index in [0.717, 1.165) is 0 Å². The molecule has 0 saturated heterocycles. The summed E-state index contributed by atoms with van der Waals surface area (Å²) in [5.41, 5.74) is 0. The minimum atomic E-state index is -0.781. The first kappa shape index (κ1) is 21.6. The maximum atomic E-state index is 9.36. The quantitative estimate of drug-likeness (QED) is 0.379. The molecule has 0 amide bonds. The molecule has 0 saturated carbocycles. The van der Waals surface area contributed by atoms with Gasteiger partial charge in [-0.2, -0.15) is 0 Å². The lowest BCUT2D eigenvalue weighted by molar-refractivity contribution is -0.0920. The van der Waals surface area contributed by atoms with E-state index in [4.69, 9.17) is 49.0 Å². The van der Waals surface area contributed by atoms with Gasteiger partial charge in [-0.3, -0.25) is 0 Å². The van der Waals surface area contributed by atoms with Crippen LogP contribution in [0.25, 0.3) is 0 Å². The molecule has 0 aliphatic heterocycles. The minimum Gasteiger partial charge on any atom is -0.389 e. The summed E-state index contributed by atoms with van der Waals surface area (Å²) < 4.78 is 15.9. The summed E-state index contributed by atoms with van der Waals surface area (Å²) in [6.45, 7) is 0.494. The highest BCUT2D eigenvalue weighted by Crippen LogP contribution is 2.01. The van der Waals surface area contributed by atoms with Crippen molar-refractivity contribution in [3.8, 4) is 0 Å². The molecule has 6 nitrogen and oxygen atoms in total. The predicted molar refractivity (Wildman–Crippen MR) is 81.6 cm³/mol. The molecule has 0 rings (SSSR count). The fourth-order valence-corrected chi connectivity index (χ4v) is 1.46. The van der Waals surface area contributed by atoms with E-state index in [1.54, 1.807) is 0 Å². The van der Waals surface area contributed by atoms with Crippen molar-refractivity contribution in [3.63, 3.8) is 0 Å². The number of ether oxygens (including phenoxy) is 3. The van der Waals surface area contributed by atoms with Crippen molar-refractivity contribution in [2.75, 3.05) is 50.7 Å². The molecule has 0 aromatic rings. The van der Waals surface area contributed by atoms with Gasteiger partial charge in [-0.25, -0.2) is 0 Å². The molecule has 9 heteroatoms. The summed E-state index contributed by atoms with van der Waals surface area (Å²) in [5, 5.41) is 27.9. The Morgan fingerprint density at radius 2 is 1.00 bits per heavy atom. The van der Waals surface area contributed by atoms with Crippen LogP contribution in [0.3, 0.4) is 0 Å². The molecule has 0 bridgehead atoms. The van der Waals surface area contributed by atoms with Gasteiger partial charge in [-0.05, 0) is 0 Å². The average molecular weight is 370 g/mol. The number of rotatable bonds is 14. The number of hydrogen-bond acceptors (Lipinski definition) is 6. The molecule has 128 valence electrons. The topological polar surface area (TPSA) is 88.4 Å².